The zero-order valence-corrected chi connectivity index (χ0v) is 15.9. The van der Waals surface area contributed by atoms with E-state index >= 15 is 0 Å². The van der Waals surface area contributed by atoms with Gasteiger partial charge in [-0.05, 0) is 36.8 Å². The molecule has 0 atom stereocenters. The summed E-state index contributed by atoms with van der Waals surface area (Å²) in [7, 11) is 1.69. The van der Waals surface area contributed by atoms with Crippen molar-refractivity contribution >= 4 is 17.3 Å². The number of aryl methyl sites for hydroxylation is 1. The summed E-state index contributed by atoms with van der Waals surface area (Å²) < 4.78 is 19.8. The number of aliphatic imine (C=N–C) groups is 1. The average Bonchev–Trinajstić information content (AvgIpc) is 3.10. The highest BCUT2D eigenvalue weighted by atomic mass is 32.1. The van der Waals surface area contributed by atoms with Crippen LogP contribution in [-0.4, -0.2) is 23.0 Å². The minimum Gasteiger partial charge on any atom is -0.453 e. The average molecular weight is 385 g/mol. The van der Waals surface area contributed by atoms with E-state index in [1.165, 1.54) is 17.1 Å². The molecule has 0 fully saturated rings. The first-order valence-electron chi connectivity index (χ1n) is 8.36. The van der Waals surface area contributed by atoms with Gasteiger partial charge in [-0.2, -0.15) is 0 Å². The maximum atomic E-state index is 14.3. The van der Waals surface area contributed by atoms with Gasteiger partial charge in [-0.3, -0.25) is 9.98 Å². The third-order valence-electron chi connectivity index (χ3n) is 3.62. The number of halogens is 1. The summed E-state index contributed by atoms with van der Waals surface area (Å²) in [4.78, 5) is 13.6. The fraction of sp³-hybridized carbons (Fsp3) is 0.211. The van der Waals surface area contributed by atoms with Crippen LogP contribution < -0.4 is 15.4 Å². The van der Waals surface area contributed by atoms with Crippen LogP contribution in [0.15, 0.2) is 53.9 Å². The second kappa shape index (κ2) is 9.09. The van der Waals surface area contributed by atoms with Crippen molar-refractivity contribution < 1.29 is 9.13 Å². The third kappa shape index (κ3) is 5.49. The number of benzene rings is 1. The summed E-state index contributed by atoms with van der Waals surface area (Å²) in [6.07, 6.45) is 5.01. The summed E-state index contributed by atoms with van der Waals surface area (Å²) in [5, 5.41) is 7.33. The number of ether oxygens (including phenoxy) is 1. The highest BCUT2D eigenvalue weighted by Crippen LogP contribution is 2.24. The van der Waals surface area contributed by atoms with Gasteiger partial charge < -0.3 is 15.4 Å². The van der Waals surface area contributed by atoms with Crippen molar-refractivity contribution in [2.75, 3.05) is 7.05 Å². The molecule has 2 aromatic heterocycles. The topological polar surface area (TPSA) is 71.4 Å². The van der Waals surface area contributed by atoms with Gasteiger partial charge in [-0.15, -0.1) is 11.3 Å². The Kier molecular flexibility index (Phi) is 6.32. The molecule has 6 nitrogen and oxygen atoms in total. The molecule has 0 spiro atoms. The predicted octanol–water partition coefficient (Wildman–Crippen LogP) is 3.64. The minimum absolute atomic E-state index is 0.161. The molecular weight excluding hydrogens is 365 g/mol. The number of guanidine groups is 1. The molecule has 2 N–H and O–H groups in total. The summed E-state index contributed by atoms with van der Waals surface area (Å²) in [6, 6.07) is 8.31. The van der Waals surface area contributed by atoms with E-state index < -0.39 is 5.82 Å². The summed E-state index contributed by atoms with van der Waals surface area (Å²) in [6.45, 7) is 3.04. The fourth-order valence-corrected chi connectivity index (χ4v) is 3.05. The van der Waals surface area contributed by atoms with Crippen molar-refractivity contribution in [3.05, 3.63) is 70.2 Å². The van der Waals surface area contributed by atoms with Gasteiger partial charge in [-0.1, -0.05) is 6.07 Å². The minimum atomic E-state index is -0.431. The molecule has 0 radical (unpaired) electrons. The maximum Gasteiger partial charge on any atom is 0.191 e. The van der Waals surface area contributed by atoms with E-state index in [1.54, 1.807) is 48.8 Å². The number of aromatic nitrogens is 2. The van der Waals surface area contributed by atoms with Gasteiger partial charge >= 0.3 is 0 Å². The quantitative estimate of drug-likeness (QED) is 0.501. The number of nitrogens with one attached hydrogen (secondary N) is 2. The number of nitrogens with zero attached hydrogens (tertiary/aromatic N) is 3. The Bertz CT molecular complexity index is 913. The van der Waals surface area contributed by atoms with Crippen molar-refractivity contribution in [2.45, 2.75) is 20.0 Å². The van der Waals surface area contributed by atoms with Crippen LogP contribution >= 0.6 is 11.3 Å². The first-order valence-corrected chi connectivity index (χ1v) is 9.18. The van der Waals surface area contributed by atoms with Crippen LogP contribution in [0.3, 0.4) is 0 Å². The Hall–Kier alpha value is -3.00. The van der Waals surface area contributed by atoms with Gasteiger partial charge in [0.05, 0.1) is 12.7 Å². The lowest BCUT2D eigenvalue weighted by molar-refractivity contribution is 0.440. The second-order valence-electron chi connectivity index (χ2n) is 5.70. The molecule has 0 aliphatic heterocycles. The van der Waals surface area contributed by atoms with Crippen LogP contribution in [-0.2, 0) is 13.1 Å². The van der Waals surface area contributed by atoms with Crippen LogP contribution in [0, 0.1) is 12.7 Å². The standard InChI is InChI=1S/C19H20FN5OS/c1-13-9-23-18(27-13)12-25-19(21-2)24-10-14-5-6-17(16(20)8-14)26-15-4-3-7-22-11-15/h3-9,11H,10,12H2,1-2H3,(H2,21,24,25). The van der Waals surface area contributed by atoms with Gasteiger partial charge in [0.1, 0.15) is 10.8 Å². The van der Waals surface area contributed by atoms with Crippen molar-refractivity contribution in [1.29, 1.82) is 0 Å². The molecule has 0 unspecified atom stereocenters. The highest BCUT2D eigenvalue weighted by molar-refractivity contribution is 7.11. The maximum absolute atomic E-state index is 14.3. The van der Waals surface area contributed by atoms with Crippen molar-refractivity contribution in [3.63, 3.8) is 0 Å². The Morgan fingerprint density at radius 1 is 1.22 bits per heavy atom. The highest BCUT2D eigenvalue weighted by Gasteiger charge is 2.07. The SMILES string of the molecule is CN=C(NCc1ccc(Oc2cccnc2)c(F)c1)NCc1ncc(C)s1. The van der Waals surface area contributed by atoms with Crippen molar-refractivity contribution in [3.8, 4) is 11.5 Å². The molecule has 0 saturated heterocycles. The fourth-order valence-electron chi connectivity index (χ4n) is 2.32. The number of rotatable bonds is 6. The Labute approximate surface area is 161 Å². The first-order chi connectivity index (χ1) is 13.1. The number of thiazole rings is 1. The lowest BCUT2D eigenvalue weighted by Crippen LogP contribution is -2.36. The number of pyridine rings is 1. The van der Waals surface area contributed by atoms with Crippen LogP contribution in [0.2, 0.25) is 0 Å². The number of hydrogen-bond donors (Lipinski definition) is 2. The molecule has 0 aliphatic rings. The zero-order valence-electron chi connectivity index (χ0n) is 15.1. The summed E-state index contributed by atoms with van der Waals surface area (Å²) in [5.74, 6) is 0.844. The van der Waals surface area contributed by atoms with E-state index in [-0.39, 0.29) is 5.75 Å². The molecule has 0 amide bonds. The normalized spacial score (nSPS) is 11.3. The molecule has 0 aliphatic carbocycles. The molecule has 0 bridgehead atoms. The van der Waals surface area contributed by atoms with Crippen molar-refractivity contribution in [1.82, 2.24) is 20.6 Å². The van der Waals surface area contributed by atoms with E-state index in [0.717, 1.165) is 10.6 Å². The third-order valence-corrected chi connectivity index (χ3v) is 4.53. The van der Waals surface area contributed by atoms with E-state index in [4.69, 9.17) is 4.74 Å². The Morgan fingerprint density at radius 3 is 2.74 bits per heavy atom. The van der Waals surface area contributed by atoms with Gasteiger partial charge in [0, 0.05) is 30.9 Å². The predicted molar refractivity (Wildman–Crippen MR) is 105 cm³/mol. The van der Waals surface area contributed by atoms with Gasteiger partial charge in [0.15, 0.2) is 17.5 Å². The molecule has 27 heavy (non-hydrogen) atoms. The summed E-state index contributed by atoms with van der Waals surface area (Å²) >= 11 is 1.63. The van der Waals surface area contributed by atoms with E-state index in [9.17, 15) is 4.39 Å². The van der Waals surface area contributed by atoms with Crippen molar-refractivity contribution in [2.24, 2.45) is 4.99 Å². The van der Waals surface area contributed by atoms with E-state index in [1.807, 2.05) is 13.1 Å². The zero-order chi connectivity index (χ0) is 19.1. The molecule has 140 valence electrons. The van der Waals surface area contributed by atoms with Gasteiger partial charge in [0.25, 0.3) is 0 Å². The molecule has 2 heterocycles. The lowest BCUT2D eigenvalue weighted by atomic mass is 10.2. The largest absolute Gasteiger partial charge is 0.453 e. The van der Waals surface area contributed by atoms with Crippen LogP contribution in [0.1, 0.15) is 15.4 Å². The second-order valence-corrected chi connectivity index (χ2v) is 7.02. The molecule has 1 aromatic carbocycles. The van der Waals surface area contributed by atoms with Crippen LogP contribution in [0.5, 0.6) is 11.5 Å². The lowest BCUT2D eigenvalue weighted by Gasteiger charge is -2.12. The van der Waals surface area contributed by atoms with Crippen LogP contribution in [0.25, 0.3) is 0 Å². The Balaban J connectivity index is 1.54. The van der Waals surface area contributed by atoms with E-state index in [0.29, 0.717) is 24.8 Å². The first kappa shape index (κ1) is 18.8. The smallest absolute Gasteiger partial charge is 0.191 e. The molecule has 3 rings (SSSR count). The Morgan fingerprint density at radius 2 is 2.07 bits per heavy atom. The molecule has 0 saturated carbocycles. The van der Waals surface area contributed by atoms with Crippen LogP contribution in [0.4, 0.5) is 4.39 Å². The van der Waals surface area contributed by atoms with E-state index in [2.05, 4.69) is 25.6 Å². The number of hydrogen-bond acceptors (Lipinski definition) is 5. The summed E-state index contributed by atoms with van der Waals surface area (Å²) in [5.41, 5.74) is 0.777. The monoisotopic (exact) mass is 385 g/mol. The molecular formula is C19H20FN5OS. The molecule has 3 aromatic rings. The molecule has 8 heteroatoms. The van der Waals surface area contributed by atoms with Gasteiger partial charge in [0.2, 0.25) is 0 Å². The van der Waals surface area contributed by atoms with Gasteiger partial charge in [-0.25, -0.2) is 9.37 Å².